The number of aliphatic carboxylic acids is 1. The second-order valence-electron chi connectivity index (χ2n) is 8.51. The quantitative estimate of drug-likeness (QED) is 0.416. The lowest BCUT2D eigenvalue weighted by Gasteiger charge is -2.17. The van der Waals surface area contributed by atoms with Crippen LogP contribution in [0.15, 0.2) is 48.5 Å². The molecule has 0 radical (unpaired) electrons. The van der Waals surface area contributed by atoms with Gasteiger partial charge in [-0.2, -0.15) is 0 Å². The Kier molecular flexibility index (Phi) is 6.91. The number of aromatic nitrogens is 1. The third-order valence-electron chi connectivity index (χ3n) is 6.49. The van der Waals surface area contributed by atoms with Crippen molar-refractivity contribution >= 4 is 18.0 Å². The van der Waals surface area contributed by atoms with Crippen LogP contribution in [-0.4, -0.2) is 47.4 Å². The monoisotopic (exact) mass is 476 g/mol. The molecule has 8 heteroatoms. The first-order valence-electron chi connectivity index (χ1n) is 11.5. The number of carboxylic acids is 1. The highest BCUT2D eigenvalue weighted by Gasteiger charge is 2.30. The van der Waals surface area contributed by atoms with Crippen molar-refractivity contribution in [2.24, 2.45) is 0 Å². The lowest BCUT2D eigenvalue weighted by atomic mass is 9.98. The van der Waals surface area contributed by atoms with Crippen molar-refractivity contribution in [2.75, 3.05) is 13.2 Å². The standard InChI is InChI=1S/C27H28N2O6/c1-4-34-26(32)24-16(3)15(2)22(28-24)13-23(25(30)31)29-27(33)35-14-21-19-11-7-5-9-17(19)18-10-6-8-12-20(18)21/h5-12,21,23,28H,4,13-14H2,1-3H3,(H,29,33)(H,30,31). The number of amides is 1. The molecule has 2 aromatic carbocycles. The van der Waals surface area contributed by atoms with Gasteiger partial charge in [0.15, 0.2) is 0 Å². The molecule has 0 saturated heterocycles. The van der Waals surface area contributed by atoms with E-state index in [4.69, 9.17) is 9.47 Å². The summed E-state index contributed by atoms with van der Waals surface area (Å²) in [6.45, 7) is 5.57. The summed E-state index contributed by atoms with van der Waals surface area (Å²) < 4.78 is 10.5. The van der Waals surface area contributed by atoms with Gasteiger partial charge in [0, 0.05) is 18.0 Å². The Bertz CT molecular complexity index is 1230. The van der Waals surface area contributed by atoms with Gasteiger partial charge in [-0.25, -0.2) is 14.4 Å². The zero-order valence-electron chi connectivity index (χ0n) is 19.9. The minimum absolute atomic E-state index is 0.0361. The molecule has 1 amide bonds. The molecule has 1 heterocycles. The first kappa shape index (κ1) is 24.1. The van der Waals surface area contributed by atoms with E-state index >= 15 is 0 Å². The van der Waals surface area contributed by atoms with Gasteiger partial charge < -0.3 is 24.9 Å². The normalized spacial score (nSPS) is 13.0. The average molecular weight is 477 g/mol. The van der Waals surface area contributed by atoms with Crippen molar-refractivity contribution in [1.82, 2.24) is 10.3 Å². The maximum absolute atomic E-state index is 12.6. The van der Waals surface area contributed by atoms with Gasteiger partial charge >= 0.3 is 18.0 Å². The number of ether oxygens (including phenoxy) is 2. The second kappa shape index (κ2) is 10.0. The molecule has 3 aromatic rings. The van der Waals surface area contributed by atoms with E-state index in [1.54, 1.807) is 20.8 Å². The SMILES string of the molecule is CCOC(=O)c1[nH]c(CC(NC(=O)OCC2c3ccccc3-c3ccccc32)C(=O)O)c(C)c1C. The fourth-order valence-corrected chi connectivity index (χ4v) is 4.55. The Balaban J connectivity index is 1.44. The van der Waals surface area contributed by atoms with E-state index in [1.165, 1.54) is 0 Å². The Hall–Kier alpha value is -4.07. The number of fused-ring (bicyclic) bond motifs is 3. The molecule has 0 bridgehead atoms. The van der Waals surface area contributed by atoms with Gasteiger partial charge in [-0.3, -0.25) is 0 Å². The highest BCUT2D eigenvalue weighted by atomic mass is 16.5. The lowest BCUT2D eigenvalue weighted by molar-refractivity contribution is -0.139. The van der Waals surface area contributed by atoms with Crippen LogP contribution in [0.4, 0.5) is 4.79 Å². The van der Waals surface area contributed by atoms with E-state index in [0.29, 0.717) is 11.3 Å². The molecule has 8 nitrogen and oxygen atoms in total. The van der Waals surface area contributed by atoms with Crippen molar-refractivity contribution in [2.45, 2.75) is 39.2 Å². The number of carbonyl (C=O) groups excluding carboxylic acids is 2. The molecule has 1 aliphatic carbocycles. The maximum Gasteiger partial charge on any atom is 0.407 e. The largest absolute Gasteiger partial charge is 0.480 e. The van der Waals surface area contributed by atoms with Crippen LogP contribution in [0, 0.1) is 13.8 Å². The van der Waals surface area contributed by atoms with Gasteiger partial charge in [-0.05, 0) is 54.2 Å². The van der Waals surface area contributed by atoms with Crippen LogP contribution in [0.25, 0.3) is 11.1 Å². The van der Waals surface area contributed by atoms with Crippen LogP contribution in [-0.2, 0) is 20.7 Å². The minimum Gasteiger partial charge on any atom is -0.480 e. The van der Waals surface area contributed by atoms with Crippen molar-refractivity contribution < 1.29 is 29.0 Å². The number of alkyl carbamates (subject to hydrolysis) is 1. The van der Waals surface area contributed by atoms with Crippen LogP contribution in [0.2, 0.25) is 0 Å². The van der Waals surface area contributed by atoms with Crippen LogP contribution < -0.4 is 5.32 Å². The molecule has 1 unspecified atom stereocenters. The number of carbonyl (C=O) groups is 3. The van der Waals surface area contributed by atoms with Gasteiger partial charge in [0.2, 0.25) is 0 Å². The zero-order chi connectivity index (χ0) is 25.1. The first-order valence-corrected chi connectivity index (χ1v) is 11.5. The lowest BCUT2D eigenvalue weighted by Crippen LogP contribution is -2.43. The van der Waals surface area contributed by atoms with E-state index in [9.17, 15) is 19.5 Å². The summed E-state index contributed by atoms with van der Waals surface area (Å²) in [5, 5.41) is 12.2. The van der Waals surface area contributed by atoms with Crippen molar-refractivity contribution in [3.8, 4) is 11.1 Å². The van der Waals surface area contributed by atoms with Gasteiger partial charge in [0.25, 0.3) is 0 Å². The third-order valence-corrected chi connectivity index (χ3v) is 6.49. The molecule has 3 N–H and O–H groups in total. The summed E-state index contributed by atoms with van der Waals surface area (Å²) in [5.41, 5.74) is 6.60. The smallest absolute Gasteiger partial charge is 0.407 e. The predicted molar refractivity (Wildman–Crippen MR) is 130 cm³/mol. The molecule has 4 rings (SSSR count). The number of rotatable bonds is 8. The number of aromatic amines is 1. The van der Waals surface area contributed by atoms with E-state index in [1.807, 2.05) is 48.5 Å². The van der Waals surface area contributed by atoms with E-state index < -0.39 is 24.1 Å². The van der Waals surface area contributed by atoms with Gasteiger partial charge in [0.1, 0.15) is 18.3 Å². The first-order chi connectivity index (χ1) is 16.8. The van der Waals surface area contributed by atoms with Gasteiger partial charge in [0.05, 0.1) is 6.61 Å². The van der Waals surface area contributed by atoms with Crippen LogP contribution in [0.3, 0.4) is 0 Å². The van der Waals surface area contributed by atoms with E-state index in [0.717, 1.165) is 27.8 Å². The molecular formula is C27H28N2O6. The number of H-pyrrole nitrogens is 1. The Morgan fingerprint density at radius 1 is 0.971 bits per heavy atom. The van der Waals surface area contributed by atoms with E-state index in [-0.39, 0.29) is 31.2 Å². The maximum atomic E-state index is 12.6. The number of benzene rings is 2. The summed E-state index contributed by atoms with van der Waals surface area (Å²) in [6, 6.07) is 14.7. The van der Waals surface area contributed by atoms with Gasteiger partial charge in [-0.15, -0.1) is 0 Å². The zero-order valence-corrected chi connectivity index (χ0v) is 19.9. The fraction of sp³-hybridized carbons (Fsp3) is 0.296. The highest BCUT2D eigenvalue weighted by Crippen LogP contribution is 2.44. The number of nitrogens with one attached hydrogen (secondary N) is 2. The van der Waals surface area contributed by atoms with E-state index in [2.05, 4.69) is 10.3 Å². The number of carboxylic acid groups (broad SMARTS) is 1. The molecule has 0 aliphatic heterocycles. The summed E-state index contributed by atoms with van der Waals surface area (Å²) in [5.74, 6) is -1.84. The molecule has 1 aliphatic rings. The van der Waals surface area contributed by atoms with Crippen LogP contribution in [0.5, 0.6) is 0 Å². The molecule has 1 aromatic heterocycles. The Morgan fingerprint density at radius 3 is 2.14 bits per heavy atom. The predicted octanol–water partition coefficient (Wildman–Crippen LogP) is 4.34. The molecule has 0 spiro atoms. The van der Waals surface area contributed by atoms with Crippen molar-refractivity contribution in [1.29, 1.82) is 0 Å². The number of esters is 1. The van der Waals surface area contributed by atoms with Crippen LogP contribution in [0.1, 0.15) is 51.3 Å². The van der Waals surface area contributed by atoms with Crippen molar-refractivity contribution in [3.63, 3.8) is 0 Å². The van der Waals surface area contributed by atoms with Crippen LogP contribution >= 0.6 is 0 Å². The highest BCUT2D eigenvalue weighted by molar-refractivity contribution is 5.90. The topological polar surface area (TPSA) is 118 Å². The molecule has 1 atom stereocenters. The summed E-state index contributed by atoms with van der Waals surface area (Å²) in [6.07, 6.45) is -0.850. The average Bonchev–Trinajstić information content (AvgIpc) is 3.32. The third kappa shape index (κ3) is 4.77. The minimum atomic E-state index is -1.24. The number of hydrogen-bond acceptors (Lipinski definition) is 5. The molecule has 182 valence electrons. The Morgan fingerprint density at radius 2 is 1.57 bits per heavy atom. The molecule has 0 fully saturated rings. The van der Waals surface area contributed by atoms with Gasteiger partial charge in [-0.1, -0.05) is 48.5 Å². The molecule has 0 saturated carbocycles. The second-order valence-corrected chi connectivity index (χ2v) is 8.51. The summed E-state index contributed by atoms with van der Waals surface area (Å²) in [7, 11) is 0. The summed E-state index contributed by atoms with van der Waals surface area (Å²) >= 11 is 0. The Labute approximate surface area is 203 Å². The van der Waals surface area contributed by atoms with Crippen molar-refractivity contribution in [3.05, 3.63) is 82.2 Å². The molecular weight excluding hydrogens is 448 g/mol. The summed E-state index contributed by atoms with van der Waals surface area (Å²) in [4.78, 5) is 39.6. The number of hydrogen-bond donors (Lipinski definition) is 3. The fourth-order valence-electron chi connectivity index (χ4n) is 4.55. The molecule has 35 heavy (non-hydrogen) atoms.